The average Bonchev–Trinajstić information content (AvgIpc) is 2.53. The molecule has 2 aromatic carbocycles. The van der Waals surface area contributed by atoms with Crippen LogP contribution in [-0.4, -0.2) is 11.6 Å². The van der Waals surface area contributed by atoms with Crippen LogP contribution in [0.15, 0.2) is 60.7 Å². The van der Waals surface area contributed by atoms with Crippen LogP contribution in [0.2, 0.25) is 0 Å². The van der Waals surface area contributed by atoms with Crippen LogP contribution >= 0.6 is 0 Å². The minimum Gasteiger partial charge on any atom is -0.491 e. The van der Waals surface area contributed by atoms with Crippen molar-refractivity contribution < 1.29 is 4.74 Å². The first-order valence-corrected chi connectivity index (χ1v) is 6.96. The molecule has 1 heterocycles. The zero-order chi connectivity index (χ0) is 13.8. The number of hydrogen-bond donors (Lipinski definition) is 0. The fourth-order valence-electron chi connectivity index (χ4n) is 2.22. The molecule has 0 radical (unpaired) electrons. The van der Waals surface area contributed by atoms with Crippen LogP contribution in [0.25, 0.3) is 22.2 Å². The second-order valence-electron chi connectivity index (χ2n) is 4.74. The number of para-hydroxylation sites is 1. The fourth-order valence-corrected chi connectivity index (χ4v) is 2.22. The highest BCUT2D eigenvalue weighted by Gasteiger charge is 2.10. The molecule has 20 heavy (non-hydrogen) atoms. The summed E-state index contributed by atoms with van der Waals surface area (Å²) >= 11 is 0. The van der Waals surface area contributed by atoms with Gasteiger partial charge in [0, 0.05) is 10.9 Å². The van der Waals surface area contributed by atoms with E-state index in [9.17, 15) is 0 Å². The van der Waals surface area contributed by atoms with Crippen molar-refractivity contribution in [2.45, 2.75) is 13.3 Å². The van der Waals surface area contributed by atoms with Gasteiger partial charge in [-0.15, -0.1) is 0 Å². The van der Waals surface area contributed by atoms with Gasteiger partial charge < -0.3 is 4.74 Å². The molecule has 0 aliphatic heterocycles. The van der Waals surface area contributed by atoms with Crippen molar-refractivity contribution in [3.8, 4) is 17.0 Å². The molecule has 1 aromatic heterocycles. The average molecular weight is 263 g/mol. The van der Waals surface area contributed by atoms with Crippen LogP contribution in [0.3, 0.4) is 0 Å². The van der Waals surface area contributed by atoms with Gasteiger partial charge in [0.15, 0.2) is 0 Å². The highest BCUT2D eigenvalue weighted by atomic mass is 16.5. The zero-order valence-corrected chi connectivity index (χ0v) is 11.5. The van der Waals surface area contributed by atoms with Crippen LogP contribution in [0.5, 0.6) is 5.75 Å². The van der Waals surface area contributed by atoms with Crippen molar-refractivity contribution in [1.29, 1.82) is 0 Å². The predicted molar refractivity (Wildman–Crippen MR) is 83.0 cm³/mol. The van der Waals surface area contributed by atoms with Crippen molar-refractivity contribution in [2.75, 3.05) is 6.61 Å². The Morgan fingerprint density at radius 3 is 2.50 bits per heavy atom. The molecule has 3 aromatic rings. The molecule has 0 fully saturated rings. The van der Waals surface area contributed by atoms with Crippen LogP contribution in [0.4, 0.5) is 0 Å². The summed E-state index contributed by atoms with van der Waals surface area (Å²) in [6, 6.07) is 20.4. The van der Waals surface area contributed by atoms with E-state index in [2.05, 4.69) is 31.2 Å². The van der Waals surface area contributed by atoms with Gasteiger partial charge in [0.1, 0.15) is 11.4 Å². The summed E-state index contributed by atoms with van der Waals surface area (Å²) in [5.41, 5.74) is 3.00. The van der Waals surface area contributed by atoms with E-state index >= 15 is 0 Å². The van der Waals surface area contributed by atoms with Gasteiger partial charge in [-0.2, -0.15) is 0 Å². The monoisotopic (exact) mass is 263 g/mol. The molecular weight excluding hydrogens is 246 g/mol. The molecule has 0 bridgehead atoms. The normalized spacial score (nSPS) is 10.7. The van der Waals surface area contributed by atoms with E-state index in [1.54, 1.807) is 0 Å². The van der Waals surface area contributed by atoms with Gasteiger partial charge in [-0.1, -0.05) is 55.5 Å². The summed E-state index contributed by atoms with van der Waals surface area (Å²) in [4.78, 5) is 4.77. The van der Waals surface area contributed by atoms with Crippen molar-refractivity contribution >= 4 is 10.9 Å². The third-order valence-corrected chi connectivity index (χ3v) is 3.20. The topological polar surface area (TPSA) is 22.1 Å². The SMILES string of the molecule is CCCOc1cc2ccccc2nc1-c1ccccc1. The summed E-state index contributed by atoms with van der Waals surface area (Å²) in [5, 5.41) is 1.11. The summed E-state index contributed by atoms with van der Waals surface area (Å²) in [6.45, 7) is 2.82. The van der Waals surface area contributed by atoms with Crippen molar-refractivity contribution in [2.24, 2.45) is 0 Å². The predicted octanol–water partition coefficient (Wildman–Crippen LogP) is 4.69. The molecule has 2 heteroatoms. The lowest BCUT2D eigenvalue weighted by molar-refractivity contribution is 0.318. The van der Waals surface area contributed by atoms with E-state index < -0.39 is 0 Å². The second-order valence-corrected chi connectivity index (χ2v) is 4.74. The molecule has 0 aliphatic carbocycles. The molecule has 0 amide bonds. The number of ether oxygens (including phenoxy) is 1. The van der Waals surface area contributed by atoms with Gasteiger partial charge in [0.25, 0.3) is 0 Å². The van der Waals surface area contributed by atoms with Crippen LogP contribution in [0.1, 0.15) is 13.3 Å². The highest BCUT2D eigenvalue weighted by Crippen LogP contribution is 2.31. The molecule has 2 nitrogen and oxygen atoms in total. The standard InChI is InChI=1S/C18H17NO/c1-2-12-20-17-13-15-10-6-7-11-16(15)19-18(17)14-8-4-3-5-9-14/h3-11,13H,2,12H2,1H3. The van der Waals surface area contributed by atoms with E-state index in [-0.39, 0.29) is 0 Å². The van der Waals surface area contributed by atoms with E-state index in [4.69, 9.17) is 9.72 Å². The summed E-state index contributed by atoms with van der Waals surface area (Å²) in [5.74, 6) is 0.858. The number of nitrogens with zero attached hydrogens (tertiary/aromatic N) is 1. The van der Waals surface area contributed by atoms with Gasteiger partial charge in [-0.25, -0.2) is 4.98 Å². The Labute approximate surface area is 119 Å². The Kier molecular flexibility index (Phi) is 3.64. The number of pyridine rings is 1. The van der Waals surface area contributed by atoms with Crippen LogP contribution < -0.4 is 4.74 Å². The molecule has 0 saturated carbocycles. The van der Waals surface area contributed by atoms with E-state index in [1.165, 1.54) is 0 Å². The number of rotatable bonds is 4. The smallest absolute Gasteiger partial charge is 0.146 e. The van der Waals surface area contributed by atoms with E-state index in [0.717, 1.165) is 34.3 Å². The molecule has 0 atom stereocenters. The number of hydrogen-bond acceptors (Lipinski definition) is 2. The third-order valence-electron chi connectivity index (χ3n) is 3.20. The lowest BCUT2D eigenvalue weighted by atomic mass is 10.1. The molecule has 0 N–H and O–H groups in total. The van der Waals surface area contributed by atoms with Gasteiger partial charge >= 0.3 is 0 Å². The summed E-state index contributed by atoms with van der Waals surface area (Å²) in [6.07, 6.45) is 0.987. The van der Waals surface area contributed by atoms with Crippen LogP contribution in [0, 0.1) is 0 Å². The van der Waals surface area contributed by atoms with Crippen molar-refractivity contribution in [3.05, 3.63) is 60.7 Å². The first kappa shape index (κ1) is 12.7. The number of fused-ring (bicyclic) bond motifs is 1. The van der Waals surface area contributed by atoms with Crippen molar-refractivity contribution in [3.63, 3.8) is 0 Å². The molecule has 100 valence electrons. The molecule has 0 aliphatic rings. The number of benzene rings is 2. The molecule has 3 rings (SSSR count). The van der Waals surface area contributed by atoms with Gasteiger partial charge in [0.2, 0.25) is 0 Å². The van der Waals surface area contributed by atoms with Gasteiger partial charge in [-0.3, -0.25) is 0 Å². The Bertz CT molecular complexity index is 707. The molecule has 0 saturated heterocycles. The second kappa shape index (κ2) is 5.74. The summed E-state index contributed by atoms with van der Waals surface area (Å²) in [7, 11) is 0. The van der Waals surface area contributed by atoms with Gasteiger partial charge in [0.05, 0.1) is 12.1 Å². The Morgan fingerprint density at radius 2 is 1.70 bits per heavy atom. The minimum atomic E-state index is 0.708. The fraction of sp³-hybridized carbons (Fsp3) is 0.167. The first-order chi connectivity index (χ1) is 9.88. The van der Waals surface area contributed by atoms with Gasteiger partial charge in [-0.05, 0) is 18.6 Å². The lowest BCUT2D eigenvalue weighted by Crippen LogP contribution is -1.99. The Hall–Kier alpha value is -2.35. The van der Waals surface area contributed by atoms with E-state index in [1.807, 2.05) is 36.4 Å². The van der Waals surface area contributed by atoms with Crippen LogP contribution in [-0.2, 0) is 0 Å². The lowest BCUT2D eigenvalue weighted by Gasteiger charge is -2.12. The maximum absolute atomic E-state index is 5.89. The largest absolute Gasteiger partial charge is 0.491 e. The Morgan fingerprint density at radius 1 is 0.950 bits per heavy atom. The maximum atomic E-state index is 5.89. The number of aromatic nitrogens is 1. The maximum Gasteiger partial charge on any atom is 0.146 e. The van der Waals surface area contributed by atoms with Crippen molar-refractivity contribution in [1.82, 2.24) is 4.98 Å². The first-order valence-electron chi connectivity index (χ1n) is 6.96. The molecule has 0 unspecified atom stereocenters. The zero-order valence-electron chi connectivity index (χ0n) is 11.5. The highest BCUT2D eigenvalue weighted by molar-refractivity contribution is 5.84. The minimum absolute atomic E-state index is 0.708. The molecule has 0 spiro atoms. The Balaban J connectivity index is 2.16. The quantitative estimate of drug-likeness (QED) is 0.681. The third kappa shape index (κ3) is 2.50. The summed E-state index contributed by atoms with van der Waals surface area (Å²) < 4.78 is 5.89. The molecular formula is C18H17NO. The van der Waals surface area contributed by atoms with E-state index in [0.29, 0.717) is 6.61 Å².